The van der Waals surface area contributed by atoms with Gasteiger partial charge in [0.2, 0.25) is 47.3 Å². The van der Waals surface area contributed by atoms with Crippen molar-refractivity contribution in [3.8, 4) is 0 Å². The molecule has 0 radical (unpaired) electrons. The molecule has 22 heteroatoms. The van der Waals surface area contributed by atoms with Gasteiger partial charge in [0.05, 0.1) is 26.1 Å². The third-order valence-electron chi connectivity index (χ3n) is 10.2. The van der Waals surface area contributed by atoms with E-state index in [1.807, 2.05) is 13.8 Å². The van der Waals surface area contributed by atoms with E-state index < -0.39 is 128 Å². The van der Waals surface area contributed by atoms with E-state index >= 15 is 0 Å². The normalized spacial score (nSPS) is 16.0. The van der Waals surface area contributed by atoms with Crippen molar-refractivity contribution in [2.45, 2.75) is 102 Å². The molecule has 0 saturated carbocycles. The van der Waals surface area contributed by atoms with Gasteiger partial charge in [0, 0.05) is 19.4 Å². The summed E-state index contributed by atoms with van der Waals surface area (Å²) < 4.78 is 0. The highest BCUT2D eigenvalue weighted by Gasteiger charge is 2.40. The fourth-order valence-corrected chi connectivity index (χ4v) is 6.90. The van der Waals surface area contributed by atoms with E-state index in [1.54, 1.807) is 60.7 Å². The minimum Gasteiger partial charge on any atom is -0.481 e. The molecule has 22 nitrogen and oxygen atoms in total. The summed E-state index contributed by atoms with van der Waals surface area (Å²) in [6.07, 6.45) is -0.478. The number of carbonyl (C=O) groups is 10. The van der Waals surface area contributed by atoms with Crippen molar-refractivity contribution in [2.75, 3.05) is 26.2 Å². The zero-order valence-electron chi connectivity index (χ0n) is 36.4. The molecule has 1 aliphatic heterocycles. The van der Waals surface area contributed by atoms with Gasteiger partial charge in [-0.3, -0.25) is 43.2 Å². The Balaban J connectivity index is 1.70. The summed E-state index contributed by atoms with van der Waals surface area (Å²) in [5, 5.41) is 46.0. The molecule has 8 amide bonds. The van der Waals surface area contributed by atoms with Gasteiger partial charge in [0.25, 0.3) is 0 Å². The third-order valence-corrected chi connectivity index (χ3v) is 10.2. The van der Waals surface area contributed by atoms with Gasteiger partial charge in [-0.1, -0.05) is 74.5 Å². The van der Waals surface area contributed by atoms with Crippen LogP contribution in [0.15, 0.2) is 60.7 Å². The Bertz CT molecular complexity index is 2000. The van der Waals surface area contributed by atoms with Crippen molar-refractivity contribution < 1.29 is 63.3 Å². The number of nitrogens with one attached hydrogen (secondary N) is 7. The van der Waals surface area contributed by atoms with Gasteiger partial charge in [-0.25, -0.2) is 4.79 Å². The standard InChI is InChI=1S/C43H59N9O13/c1-24(2)17-28(47-34(54)21-44)39(60)51-32(23-53)40(61)50-30(18-26-11-6-4-7-12-26)42(63)52-16-10-15-33(52)41(62)49-29(20-36(56)57)38(59)46-25(3)37(58)45-22-35(55)48-31(43(64)65)19-27-13-8-5-9-14-27/h4-9,11-14,24-25,28-33,53H,10,15-23,44H2,1-3H3,(H,45,58)(H,46,59)(H,47,54)(H,48,55)(H,49,62)(H,50,61)(H,51,60)(H,56,57)(H,64,65)/t25-,28-,29-,30-,31-,32-,33-/m0/s1. The molecule has 1 fully saturated rings. The topological polar surface area (TPSA) is 345 Å². The molecule has 354 valence electrons. The minimum absolute atomic E-state index is 0.0238. The largest absolute Gasteiger partial charge is 0.481 e. The molecule has 2 aromatic carbocycles. The molecular formula is C43H59N9O13. The lowest BCUT2D eigenvalue weighted by Gasteiger charge is -2.31. The SMILES string of the molecule is CC(C)C[C@H](NC(=O)CN)C(=O)N[C@@H](CO)C(=O)N[C@@H](Cc1ccccc1)C(=O)N1CCC[C@H]1C(=O)N[C@@H](CC(=O)O)C(=O)N[C@@H](C)C(=O)NCC(=O)N[C@@H](Cc1ccccc1)C(=O)O. The number of aliphatic carboxylic acids is 2. The summed E-state index contributed by atoms with van der Waals surface area (Å²) in [6.45, 7) is 2.93. The molecule has 0 aliphatic carbocycles. The van der Waals surface area contributed by atoms with Crippen molar-refractivity contribution in [1.29, 1.82) is 0 Å². The number of carbonyl (C=O) groups excluding carboxylic acids is 8. The number of nitrogens with zero attached hydrogens (tertiary/aromatic N) is 1. The maximum absolute atomic E-state index is 14.3. The number of nitrogens with two attached hydrogens (primary N) is 1. The molecular weight excluding hydrogens is 851 g/mol. The number of carboxylic acids is 2. The summed E-state index contributed by atoms with van der Waals surface area (Å²) in [7, 11) is 0. The first-order valence-electron chi connectivity index (χ1n) is 21.0. The van der Waals surface area contributed by atoms with Crippen molar-refractivity contribution in [1.82, 2.24) is 42.1 Å². The first kappa shape index (κ1) is 52.4. The number of amides is 8. The predicted molar refractivity (Wildman–Crippen MR) is 231 cm³/mol. The van der Waals surface area contributed by atoms with Crippen molar-refractivity contribution in [2.24, 2.45) is 11.7 Å². The number of rotatable bonds is 25. The smallest absolute Gasteiger partial charge is 0.326 e. The average Bonchev–Trinajstić information content (AvgIpc) is 3.77. The van der Waals surface area contributed by atoms with E-state index in [4.69, 9.17) is 5.73 Å². The summed E-state index contributed by atoms with van der Waals surface area (Å²) >= 11 is 0. The maximum atomic E-state index is 14.3. The maximum Gasteiger partial charge on any atom is 0.326 e. The fourth-order valence-electron chi connectivity index (χ4n) is 6.90. The van der Waals surface area contributed by atoms with E-state index in [0.717, 1.165) is 0 Å². The van der Waals surface area contributed by atoms with Crippen LogP contribution in [0.2, 0.25) is 0 Å². The summed E-state index contributed by atoms with van der Waals surface area (Å²) in [4.78, 5) is 130. The van der Waals surface area contributed by atoms with Gasteiger partial charge in [-0.2, -0.15) is 0 Å². The van der Waals surface area contributed by atoms with E-state index in [1.165, 1.54) is 11.8 Å². The van der Waals surface area contributed by atoms with Crippen LogP contribution in [0.5, 0.6) is 0 Å². The van der Waals surface area contributed by atoms with Crippen LogP contribution in [0.4, 0.5) is 0 Å². The van der Waals surface area contributed by atoms with Gasteiger partial charge in [0.15, 0.2) is 0 Å². The third kappa shape index (κ3) is 17.3. The molecule has 2 aromatic rings. The van der Waals surface area contributed by atoms with Gasteiger partial charge in [0.1, 0.15) is 42.3 Å². The monoisotopic (exact) mass is 909 g/mol. The van der Waals surface area contributed by atoms with Gasteiger partial charge < -0.3 is 63.2 Å². The Morgan fingerprint density at radius 2 is 1.20 bits per heavy atom. The minimum atomic E-state index is -1.74. The second-order valence-corrected chi connectivity index (χ2v) is 15.9. The van der Waals surface area contributed by atoms with Crippen LogP contribution < -0.4 is 43.0 Å². The van der Waals surface area contributed by atoms with E-state index in [9.17, 15) is 63.3 Å². The lowest BCUT2D eigenvalue weighted by atomic mass is 10.0. The lowest BCUT2D eigenvalue weighted by Crippen LogP contribution is -2.60. The first-order chi connectivity index (χ1) is 30.8. The van der Waals surface area contributed by atoms with Crippen molar-refractivity contribution >= 4 is 59.2 Å². The molecule has 12 N–H and O–H groups in total. The summed E-state index contributed by atoms with van der Waals surface area (Å²) in [5.74, 6) is -9.65. The Morgan fingerprint density at radius 1 is 0.662 bits per heavy atom. The molecule has 1 heterocycles. The van der Waals surface area contributed by atoms with Crippen LogP contribution >= 0.6 is 0 Å². The van der Waals surface area contributed by atoms with Crippen molar-refractivity contribution in [3.63, 3.8) is 0 Å². The molecule has 7 atom stereocenters. The summed E-state index contributed by atoms with van der Waals surface area (Å²) in [5.41, 5.74) is 6.64. The summed E-state index contributed by atoms with van der Waals surface area (Å²) in [6, 6.07) is 7.37. The fraction of sp³-hybridized carbons (Fsp3) is 0.488. The van der Waals surface area contributed by atoms with Crippen LogP contribution in [-0.4, -0.2) is 148 Å². The number of aliphatic hydroxyl groups excluding tert-OH is 1. The molecule has 0 spiro atoms. The highest BCUT2D eigenvalue weighted by atomic mass is 16.4. The van der Waals surface area contributed by atoms with Crippen LogP contribution in [0.1, 0.15) is 57.6 Å². The predicted octanol–water partition coefficient (Wildman–Crippen LogP) is -2.94. The van der Waals surface area contributed by atoms with Crippen LogP contribution in [-0.2, 0) is 60.8 Å². The quantitative estimate of drug-likeness (QED) is 0.0475. The molecule has 0 aromatic heterocycles. The number of hydrogen-bond donors (Lipinski definition) is 11. The van der Waals surface area contributed by atoms with Gasteiger partial charge in [-0.05, 0) is 43.2 Å². The Kier molecular flexibility index (Phi) is 21.0. The van der Waals surface area contributed by atoms with E-state index in [0.29, 0.717) is 17.5 Å². The number of likely N-dealkylation sites (tertiary alicyclic amines) is 1. The van der Waals surface area contributed by atoms with Crippen LogP contribution in [0.25, 0.3) is 0 Å². The number of aliphatic hydroxyl groups is 1. The molecule has 1 aliphatic rings. The van der Waals surface area contributed by atoms with Gasteiger partial charge in [-0.15, -0.1) is 0 Å². The molecule has 65 heavy (non-hydrogen) atoms. The number of hydrogen-bond acceptors (Lipinski definition) is 12. The highest BCUT2D eigenvalue weighted by molar-refractivity contribution is 5.98. The second-order valence-electron chi connectivity index (χ2n) is 15.9. The Labute approximate surface area is 375 Å². The number of carboxylic acid groups (broad SMARTS) is 2. The van der Waals surface area contributed by atoms with E-state index in [2.05, 4.69) is 37.2 Å². The van der Waals surface area contributed by atoms with Crippen LogP contribution in [0, 0.1) is 5.92 Å². The molecule has 1 saturated heterocycles. The zero-order chi connectivity index (χ0) is 48.2. The molecule has 0 bridgehead atoms. The Hall–Kier alpha value is -6.94. The first-order valence-corrected chi connectivity index (χ1v) is 21.0. The average molecular weight is 910 g/mol. The number of benzene rings is 2. The van der Waals surface area contributed by atoms with Crippen LogP contribution in [0.3, 0.4) is 0 Å². The van der Waals surface area contributed by atoms with Crippen molar-refractivity contribution in [3.05, 3.63) is 71.8 Å². The lowest BCUT2D eigenvalue weighted by molar-refractivity contribution is -0.144. The highest BCUT2D eigenvalue weighted by Crippen LogP contribution is 2.21. The zero-order valence-corrected chi connectivity index (χ0v) is 36.4. The molecule has 0 unspecified atom stereocenters. The van der Waals surface area contributed by atoms with Gasteiger partial charge >= 0.3 is 11.9 Å². The second kappa shape index (κ2) is 26.0. The molecule has 3 rings (SSSR count). The van der Waals surface area contributed by atoms with E-state index in [-0.39, 0.29) is 38.1 Å². The Morgan fingerprint density at radius 3 is 1.74 bits per heavy atom.